The number of rotatable bonds is 4. The Hall–Kier alpha value is -1.59. The first-order valence-corrected chi connectivity index (χ1v) is 9.42. The van der Waals surface area contributed by atoms with E-state index in [4.69, 9.17) is 5.73 Å². The second-order valence-electron chi connectivity index (χ2n) is 7.34. The molecule has 2 saturated heterocycles. The third kappa shape index (κ3) is 4.04. The Morgan fingerprint density at radius 1 is 1.23 bits per heavy atom. The first-order chi connectivity index (χ1) is 12.1. The molecule has 0 aromatic heterocycles. The summed E-state index contributed by atoms with van der Waals surface area (Å²) in [6.45, 7) is 5.35. The van der Waals surface area contributed by atoms with E-state index in [1.165, 1.54) is 5.56 Å². The van der Waals surface area contributed by atoms with Crippen LogP contribution in [0.25, 0.3) is 0 Å². The lowest BCUT2D eigenvalue weighted by molar-refractivity contribution is -0.143. The lowest BCUT2D eigenvalue weighted by atomic mass is 9.72. The second-order valence-corrected chi connectivity index (χ2v) is 7.34. The highest BCUT2D eigenvalue weighted by Gasteiger charge is 2.39. The highest BCUT2D eigenvalue weighted by atomic mass is 35.5. The Morgan fingerprint density at radius 2 is 1.88 bits per heavy atom. The van der Waals surface area contributed by atoms with E-state index in [9.17, 15) is 9.59 Å². The highest BCUT2D eigenvalue weighted by Crippen LogP contribution is 2.35. The summed E-state index contributed by atoms with van der Waals surface area (Å²) in [5.74, 6) is 0.348. The van der Waals surface area contributed by atoms with Crippen molar-refractivity contribution in [2.75, 3.05) is 32.7 Å². The molecule has 0 bridgehead atoms. The van der Waals surface area contributed by atoms with Crippen LogP contribution in [-0.4, -0.2) is 54.3 Å². The number of hydrogen-bond donors (Lipinski definition) is 1. The summed E-state index contributed by atoms with van der Waals surface area (Å²) in [7, 11) is 0. The molecular weight excluding hydrogens is 350 g/mol. The number of benzene rings is 1. The molecule has 0 aliphatic carbocycles. The Bertz CT molecular complexity index is 615. The topological polar surface area (TPSA) is 66.6 Å². The van der Waals surface area contributed by atoms with Gasteiger partial charge in [-0.2, -0.15) is 0 Å². The zero-order chi connectivity index (χ0) is 17.9. The fourth-order valence-corrected chi connectivity index (χ4v) is 4.24. The first-order valence-electron chi connectivity index (χ1n) is 9.42. The van der Waals surface area contributed by atoms with Gasteiger partial charge in [-0.15, -0.1) is 12.4 Å². The van der Waals surface area contributed by atoms with E-state index in [1.54, 1.807) is 0 Å². The second kappa shape index (κ2) is 8.87. The molecule has 2 amide bonds. The van der Waals surface area contributed by atoms with Crippen LogP contribution in [0.1, 0.15) is 38.2 Å². The predicted octanol–water partition coefficient (Wildman–Crippen LogP) is 2.19. The van der Waals surface area contributed by atoms with Gasteiger partial charge in [0, 0.05) is 44.6 Å². The number of halogens is 1. The van der Waals surface area contributed by atoms with Gasteiger partial charge in [0.15, 0.2) is 0 Å². The Labute approximate surface area is 162 Å². The molecule has 0 radical (unpaired) electrons. The molecule has 26 heavy (non-hydrogen) atoms. The highest BCUT2D eigenvalue weighted by molar-refractivity contribution is 5.85. The monoisotopic (exact) mass is 379 g/mol. The van der Waals surface area contributed by atoms with Gasteiger partial charge in [0.1, 0.15) is 0 Å². The Morgan fingerprint density at radius 3 is 2.46 bits per heavy atom. The average Bonchev–Trinajstić information content (AvgIpc) is 2.68. The molecule has 5 nitrogen and oxygen atoms in total. The van der Waals surface area contributed by atoms with Crippen LogP contribution in [0.2, 0.25) is 0 Å². The number of likely N-dealkylation sites (tertiary alicyclic amines) is 2. The Balaban J connectivity index is 0.00000243. The maximum absolute atomic E-state index is 12.9. The van der Waals surface area contributed by atoms with Crippen LogP contribution in [0.15, 0.2) is 30.3 Å². The minimum absolute atomic E-state index is 0. The molecule has 0 spiro atoms. The molecule has 2 aliphatic heterocycles. The van der Waals surface area contributed by atoms with Crippen molar-refractivity contribution in [2.24, 2.45) is 11.7 Å². The van der Waals surface area contributed by atoms with Gasteiger partial charge in [-0.1, -0.05) is 30.3 Å². The largest absolute Gasteiger partial charge is 0.342 e. The van der Waals surface area contributed by atoms with Crippen molar-refractivity contribution >= 4 is 24.2 Å². The molecule has 0 saturated carbocycles. The van der Waals surface area contributed by atoms with E-state index in [2.05, 4.69) is 24.3 Å². The molecule has 1 aromatic rings. The molecule has 3 rings (SSSR count). The summed E-state index contributed by atoms with van der Waals surface area (Å²) in [4.78, 5) is 28.6. The van der Waals surface area contributed by atoms with Gasteiger partial charge < -0.3 is 15.5 Å². The van der Waals surface area contributed by atoms with Crippen molar-refractivity contribution < 1.29 is 9.59 Å². The summed E-state index contributed by atoms with van der Waals surface area (Å²) < 4.78 is 0. The third-order valence-corrected chi connectivity index (χ3v) is 6.04. The van der Waals surface area contributed by atoms with E-state index in [0.29, 0.717) is 32.5 Å². The van der Waals surface area contributed by atoms with Crippen LogP contribution in [0.4, 0.5) is 0 Å². The number of carbonyl (C=O) groups excluding carboxylic acids is 2. The molecule has 1 atom stereocenters. The molecule has 2 N–H and O–H groups in total. The third-order valence-electron chi connectivity index (χ3n) is 6.04. The van der Waals surface area contributed by atoms with Gasteiger partial charge in [-0.3, -0.25) is 9.59 Å². The molecule has 2 aliphatic rings. The summed E-state index contributed by atoms with van der Waals surface area (Å²) in [5, 5.41) is 0. The van der Waals surface area contributed by atoms with Crippen molar-refractivity contribution in [3.63, 3.8) is 0 Å². The smallest absolute Gasteiger partial charge is 0.227 e. The minimum atomic E-state index is -0.0419. The van der Waals surface area contributed by atoms with Gasteiger partial charge in [0.05, 0.1) is 5.92 Å². The predicted molar refractivity (Wildman–Crippen MR) is 105 cm³/mol. The number of nitrogens with two attached hydrogens (primary N) is 1. The standard InChI is InChI=1S/C20H29N3O2.ClH/c1-2-22-14-16(8-9-18(22)24)19(25)23-12-10-20(15-21,11-13-23)17-6-4-3-5-7-17;/h3-7,16H,2,8-15,21H2,1H3;1H/t16-;/m0./s1. The fraction of sp³-hybridized carbons (Fsp3) is 0.600. The quantitative estimate of drug-likeness (QED) is 0.871. The van der Waals surface area contributed by atoms with Crippen LogP contribution < -0.4 is 5.73 Å². The maximum Gasteiger partial charge on any atom is 0.227 e. The van der Waals surface area contributed by atoms with Crippen LogP contribution in [-0.2, 0) is 15.0 Å². The minimum Gasteiger partial charge on any atom is -0.342 e. The summed E-state index contributed by atoms with van der Waals surface area (Å²) >= 11 is 0. The van der Waals surface area contributed by atoms with Crippen molar-refractivity contribution in [3.05, 3.63) is 35.9 Å². The van der Waals surface area contributed by atoms with Gasteiger partial charge in [-0.25, -0.2) is 0 Å². The van der Waals surface area contributed by atoms with E-state index in [-0.39, 0.29) is 35.6 Å². The van der Waals surface area contributed by atoms with Gasteiger partial charge >= 0.3 is 0 Å². The van der Waals surface area contributed by atoms with E-state index < -0.39 is 0 Å². The van der Waals surface area contributed by atoms with Gasteiger partial charge in [0.25, 0.3) is 0 Å². The normalized spacial score (nSPS) is 22.7. The zero-order valence-electron chi connectivity index (χ0n) is 15.5. The van der Waals surface area contributed by atoms with Crippen molar-refractivity contribution in [3.8, 4) is 0 Å². The molecular formula is C20H30ClN3O2. The van der Waals surface area contributed by atoms with Crippen LogP contribution in [0.3, 0.4) is 0 Å². The Kier molecular flexibility index (Phi) is 7.07. The summed E-state index contributed by atoms with van der Waals surface area (Å²) in [6, 6.07) is 10.4. The number of piperidine rings is 2. The number of carbonyl (C=O) groups is 2. The fourth-order valence-electron chi connectivity index (χ4n) is 4.24. The number of hydrogen-bond acceptors (Lipinski definition) is 3. The number of nitrogens with zero attached hydrogens (tertiary/aromatic N) is 2. The number of amides is 2. The van der Waals surface area contributed by atoms with Crippen LogP contribution in [0.5, 0.6) is 0 Å². The van der Waals surface area contributed by atoms with Crippen molar-refractivity contribution in [1.82, 2.24) is 9.80 Å². The average molecular weight is 380 g/mol. The van der Waals surface area contributed by atoms with E-state index >= 15 is 0 Å². The summed E-state index contributed by atoms with van der Waals surface area (Å²) in [5.41, 5.74) is 7.40. The van der Waals surface area contributed by atoms with E-state index in [1.807, 2.05) is 22.8 Å². The van der Waals surface area contributed by atoms with Crippen molar-refractivity contribution in [2.45, 2.75) is 38.0 Å². The lowest BCUT2D eigenvalue weighted by Gasteiger charge is -2.43. The lowest BCUT2D eigenvalue weighted by Crippen LogP contribution is -2.52. The van der Waals surface area contributed by atoms with Crippen LogP contribution >= 0.6 is 12.4 Å². The molecule has 0 unspecified atom stereocenters. The summed E-state index contributed by atoms with van der Waals surface area (Å²) in [6.07, 6.45) is 2.99. The first kappa shape index (κ1) is 20.7. The molecule has 2 fully saturated rings. The molecule has 2 heterocycles. The molecule has 1 aromatic carbocycles. The van der Waals surface area contributed by atoms with Gasteiger partial charge in [-0.05, 0) is 31.7 Å². The zero-order valence-corrected chi connectivity index (χ0v) is 16.3. The van der Waals surface area contributed by atoms with Crippen LogP contribution in [0, 0.1) is 5.92 Å². The van der Waals surface area contributed by atoms with Crippen molar-refractivity contribution in [1.29, 1.82) is 0 Å². The van der Waals surface area contributed by atoms with E-state index in [0.717, 1.165) is 25.9 Å². The maximum atomic E-state index is 12.9. The SMILES string of the molecule is CCN1C[C@@H](C(=O)N2CCC(CN)(c3ccccc3)CC2)CCC1=O.Cl. The van der Waals surface area contributed by atoms with Gasteiger partial charge in [0.2, 0.25) is 11.8 Å². The molecule has 6 heteroatoms. The molecule has 144 valence electrons.